The molecular weight excluding hydrogens is 437 g/mol. The number of aromatic nitrogens is 2. The van der Waals surface area contributed by atoms with Crippen molar-refractivity contribution >= 4 is 41.0 Å². The first-order valence-corrected chi connectivity index (χ1v) is 8.69. The first-order valence-electron chi connectivity index (χ1n) is 8.69. The molecule has 3 aromatic rings. The van der Waals surface area contributed by atoms with Crippen LogP contribution in [-0.4, -0.2) is 36.1 Å². The van der Waals surface area contributed by atoms with Crippen LogP contribution in [0.1, 0.15) is 24.2 Å². The first kappa shape index (κ1) is 20.2. The summed E-state index contributed by atoms with van der Waals surface area (Å²) in [6.45, 7) is 3.83. The maximum Gasteiger partial charge on any atom is 0.191 e. The zero-order valence-electron chi connectivity index (χ0n) is 15.2. The second kappa shape index (κ2) is 10.2. The Balaban J connectivity index is 0.00000243. The van der Waals surface area contributed by atoms with Crippen LogP contribution < -0.4 is 10.6 Å². The van der Waals surface area contributed by atoms with E-state index in [4.69, 9.17) is 0 Å². The third-order valence-corrected chi connectivity index (χ3v) is 4.26. The van der Waals surface area contributed by atoms with E-state index in [1.807, 2.05) is 30.3 Å². The minimum absolute atomic E-state index is 0. The van der Waals surface area contributed by atoms with Gasteiger partial charge in [0.05, 0.1) is 11.0 Å². The number of hydrogen-bond acceptors (Lipinski definition) is 2. The van der Waals surface area contributed by atoms with E-state index in [9.17, 15) is 0 Å². The van der Waals surface area contributed by atoms with E-state index >= 15 is 0 Å². The molecule has 0 saturated heterocycles. The van der Waals surface area contributed by atoms with Gasteiger partial charge in [-0.3, -0.25) is 4.99 Å². The lowest BCUT2D eigenvalue weighted by Gasteiger charge is -2.16. The van der Waals surface area contributed by atoms with Gasteiger partial charge in [0.2, 0.25) is 0 Å². The molecule has 0 aliphatic heterocycles. The quantitative estimate of drug-likeness (QED) is 0.297. The molecule has 26 heavy (non-hydrogen) atoms. The number of hydrogen-bond donors (Lipinski definition) is 3. The van der Waals surface area contributed by atoms with Gasteiger partial charge in [-0.1, -0.05) is 49.4 Å². The monoisotopic (exact) mass is 463 g/mol. The molecule has 0 radical (unpaired) electrons. The van der Waals surface area contributed by atoms with E-state index in [0.717, 1.165) is 42.3 Å². The van der Waals surface area contributed by atoms with Crippen molar-refractivity contribution in [1.82, 2.24) is 20.6 Å². The fraction of sp³-hybridized carbons (Fsp3) is 0.300. The SMILES string of the molecule is CN=C(NCCc1nc2ccccc2[nH]1)NCC(C)c1ccccc1.I. The van der Waals surface area contributed by atoms with Gasteiger partial charge in [0, 0.05) is 26.6 Å². The van der Waals surface area contributed by atoms with Crippen molar-refractivity contribution in [3.8, 4) is 0 Å². The Morgan fingerprint density at radius 2 is 1.81 bits per heavy atom. The van der Waals surface area contributed by atoms with Crippen LogP contribution in [-0.2, 0) is 6.42 Å². The summed E-state index contributed by atoms with van der Waals surface area (Å²) in [5, 5.41) is 6.74. The molecule has 0 amide bonds. The molecule has 1 heterocycles. The van der Waals surface area contributed by atoms with Crippen molar-refractivity contribution in [1.29, 1.82) is 0 Å². The average molecular weight is 463 g/mol. The number of nitrogens with zero attached hydrogens (tertiary/aromatic N) is 2. The van der Waals surface area contributed by atoms with Gasteiger partial charge < -0.3 is 15.6 Å². The summed E-state index contributed by atoms with van der Waals surface area (Å²) in [6.07, 6.45) is 0.823. The second-order valence-corrected chi connectivity index (χ2v) is 6.14. The third-order valence-electron chi connectivity index (χ3n) is 4.26. The number of benzene rings is 2. The largest absolute Gasteiger partial charge is 0.356 e. The Morgan fingerprint density at radius 1 is 1.08 bits per heavy atom. The minimum Gasteiger partial charge on any atom is -0.356 e. The fourth-order valence-electron chi connectivity index (χ4n) is 2.79. The summed E-state index contributed by atoms with van der Waals surface area (Å²) in [5.74, 6) is 2.23. The number of guanidine groups is 1. The highest BCUT2D eigenvalue weighted by Crippen LogP contribution is 2.13. The molecule has 0 spiro atoms. The van der Waals surface area contributed by atoms with Crippen LogP contribution in [0.5, 0.6) is 0 Å². The van der Waals surface area contributed by atoms with Gasteiger partial charge in [0.1, 0.15) is 5.82 Å². The van der Waals surface area contributed by atoms with Gasteiger partial charge in [-0.05, 0) is 23.6 Å². The van der Waals surface area contributed by atoms with Gasteiger partial charge >= 0.3 is 0 Å². The number of rotatable bonds is 6. The standard InChI is InChI=1S/C20H25N5.HI/c1-15(16-8-4-3-5-9-16)14-23-20(21-2)22-13-12-19-24-17-10-6-7-11-18(17)25-19;/h3-11,15H,12-14H2,1-2H3,(H,24,25)(H2,21,22,23);1H. The highest BCUT2D eigenvalue weighted by atomic mass is 127. The predicted octanol–water partition coefficient (Wildman–Crippen LogP) is 3.69. The van der Waals surface area contributed by atoms with Crippen molar-refractivity contribution in [2.24, 2.45) is 4.99 Å². The molecule has 2 aromatic carbocycles. The van der Waals surface area contributed by atoms with Gasteiger partial charge in [0.25, 0.3) is 0 Å². The Labute approximate surface area is 171 Å². The molecule has 1 atom stereocenters. The topological polar surface area (TPSA) is 65.1 Å². The molecule has 3 rings (SSSR count). The maximum atomic E-state index is 4.59. The van der Waals surface area contributed by atoms with E-state index < -0.39 is 0 Å². The average Bonchev–Trinajstić information content (AvgIpc) is 3.07. The number of halogens is 1. The predicted molar refractivity (Wildman–Crippen MR) is 119 cm³/mol. The zero-order valence-corrected chi connectivity index (χ0v) is 17.5. The number of aliphatic imine (C=N–C) groups is 1. The molecule has 0 aliphatic rings. The van der Waals surface area contributed by atoms with Crippen LogP contribution in [0.4, 0.5) is 0 Å². The lowest BCUT2D eigenvalue weighted by Crippen LogP contribution is -2.40. The van der Waals surface area contributed by atoms with E-state index in [-0.39, 0.29) is 24.0 Å². The molecule has 0 saturated carbocycles. The second-order valence-electron chi connectivity index (χ2n) is 6.14. The van der Waals surface area contributed by atoms with Crippen molar-refractivity contribution in [2.45, 2.75) is 19.3 Å². The van der Waals surface area contributed by atoms with Crippen molar-refractivity contribution in [3.05, 3.63) is 66.0 Å². The van der Waals surface area contributed by atoms with Gasteiger partial charge in [0.15, 0.2) is 5.96 Å². The Morgan fingerprint density at radius 3 is 2.54 bits per heavy atom. The minimum atomic E-state index is 0. The Bertz CT molecular complexity index is 795. The fourth-order valence-corrected chi connectivity index (χ4v) is 2.79. The van der Waals surface area contributed by atoms with Gasteiger partial charge in [-0.25, -0.2) is 4.98 Å². The molecule has 138 valence electrons. The molecular formula is C20H26IN5. The third kappa shape index (κ3) is 5.45. The molecule has 1 aromatic heterocycles. The molecule has 6 heteroatoms. The lowest BCUT2D eigenvalue weighted by atomic mass is 10.0. The van der Waals surface area contributed by atoms with Crippen molar-refractivity contribution < 1.29 is 0 Å². The molecule has 0 bridgehead atoms. The van der Waals surface area contributed by atoms with Crippen LogP contribution in [0.2, 0.25) is 0 Å². The summed E-state index contributed by atoms with van der Waals surface area (Å²) in [7, 11) is 1.80. The summed E-state index contributed by atoms with van der Waals surface area (Å²) in [4.78, 5) is 12.2. The normalized spacial score (nSPS) is 12.5. The number of nitrogens with one attached hydrogen (secondary N) is 3. The number of H-pyrrole nitrogens is 1. The van der Waals surface area contributed by atoms with Crippen LogP contribution in [0.3, 0.4) is 0 Å². The highest BCUT2D eigenvalue weighted by Gasteiger charge is 2.06. The molecule has 3 N–H and O–H groups in total. The van der Waals surface area contributed by atoms with E-state index in [2.05, 4.69) is 56.8 Å². The summed E-state index contributed by atoms with van der Waals surface area (Å²) < 4.78 is 0. The lowest BCUT2D eigenvalue weighted by molar-refractivity contribution is 0.695. The van der Waals surface area contributed by atoms with Crippen LogP contribution in [0, 0.1) is 0 Å². The van der Waals surface area contributed by atoms with E-state index in [1.54, 1.807) is 7.05 Å². The highest BCUT2D eigenvalue weighted by molar-refractivity contribution is 14.0. The Kier molecular flexibility index (Phi) is 7.90. The molecule has 0 aliphatic carbocycles. The maximum absolute atomic E-state index is 4.59. The number of aromatic amines is 1. The summed E-state index contributed by atoms with van der Waals surface area (Å²) >= 11 is 0. The number of para-hydroxylation sites is 2. The first-order chi connectivity index (χ1) is 12.3. The number of fused-ring (bicyclic) bond motifs is 1. The van der Waals surface area contributed by atoms with E-state index in [0.29, 0.717) is 5.92 Å². The van der Waals surface area contributed by atoms with Crippen LogP contribution in [0.15, 0.2) is 59.6 Å². The Hall–Kier alpha value is -2.09. The van der Waals surface area contributed by atoms with E-state index in [1.165, 1.54) is 5.56 Å². The molecule has 1 unspecified atom stereocenters. The van der Waals surface area contributed by atoms with Crippen LogP contribution >= 0.6 is 24.0 Å². The van der Waals surface area contributed by atoms with Crippen LogP contribution in [0.25, 0.3) is 11.0 Å². The summed E-state index contributed by atoms with van der Waals surface area (Å²) in [6, 6.07) is 18.6. The smallest absolute Gasteiger partial charge is 0.191 e. The summed E-state index contributed by atoms with van der Waals surface area (Å²) in [5.41, 5.74) is 3.42. The van der Waals surface area contributed by atoms with Crippen molar-refractivity contribution in [2.75, 3.05) is 20.1 Å². The van der Waals surface area contributed by atoms with Gasteiger partial charge in [-0.15, -0.1) is 24.0 Å². The van der Waals surface area contributed by atoms with Crippen molar-refractivity contribution in [3.63, 3.8) is 0 Å². The van der Waals surface area contributed by atoms with Gasteiger partial charge in [-0.2, -0.15) is 0 Å². The molecule has 5 nitrogen and oxygen atoms in total. The number of imidazole rings is 1. The zero-order chi connectivity index (χ0) is 17.5. The molecule has 0 fully saturated rings.